The van der Waals surface area contributed by atoms with Crippen LogP contribution >= 0.6 is 0 Å². The van der Waals surface area contributed by atoms with E-state index in [0.29, 0.717) is 0 Å². The minimum absolute atomic E-state index is 0.634. The number of hydrogen-bond acceptors (Lipinski definition) is 2. The lowest BCUT2D eigenvalue weighted by atomic mass is 9.69. The van der Waals surface area contributed by atoms with E-state index in [9.17, 15) is 9.90 Å². The largest absolute Gasteiger partial charge is 0.481 e. The molecule has 0 atom stereocenters. The van der Waals surface area contributed by atoms with Gasteiger partial charge in [-0.1, -0.05) is 43.5 Å². The lowest BCUT2D eigenvalue weighted by Crippen LogP contribution is -2.37. The Labute approximate surface area is 127 Å². The number of carboxylic acid groups (broad SMARTS) is 1. The molecule has 1 N–H and O–H groups in total. The van der Waals surface area contributed by atoms with Crippen molar-refractivity contribution in [2.24, 2.45) is 0 Å². The summed E-state index contributed by atoms with van der Waals surface area (Å²) in [5.74, 6) is -0.644. The lowest BCUT2D eigenvalue weighted by molar-refractivity contribution is -0.145. The van der Waals surface area contributed by atoms with E-state index in [1.165, 1.54) is 37.9 Å². The van der Waals surface area contributed by atoms with E-state index in [1.807, 2.05) is 0 Å². The summed E-state index contributed by atoms with van der Waals surface area (Å²) in [6.07, 6.45) is 7.41. The van der Waals surface area contributed by atoms with Gasteiger partial charge in [0.2, 0.25) is 0 Å². The fourth-order valence-corrected chi connectivity index (χ4v) is 3.91. The second kappa shape index (κ2) is 6.18. The van der Waals surface area contributed by atoms with E-state index in [1.54, 1.807) is 0 Å². The highest BCUT2D eigenvalue weighted by Crippen LogP contribution is 2.39. The highest BCUT2D eigenvalue weighted by molar-refractivity contribution is 5.81. The molecule has 0 aromatic heterocycles. The normalized spacial score (nSPS) is 22.3. The summed E-state index contributed by atoms with van der Waals surface area (Å²) in [5, 5.41) is 9.73. The first-order valence-electron chi connectivity index (χ1n) is 8.26. The average Bonchev–Trinajstić information content (AvgIpc) is 3.01. The molecule has 3 nitrogen and oxygen atoms in total. The number of aliphatic carboxylic acids is 1. The van der Waals surface area contributed by atoms with Crippen molar-refractivity contribution in [3.05, 3.63) is 35.4 Å². The van der Waals surface area contributed by atoms with Crippen LogP contribution in [-0.2, 0) is 16.8 Å². The number of rotatable bonds is 4. The van der Waals surface area contributed by atoms with Gasteiger partial charge in [0.25, 0.3) is 0 Å². The predicted octanol–water partition coefficient (Wildman–Crippen LogP) is 3.57. The van der Waals surface area contributed by atoms with Gasteiger partial charge in [-0.25, -0.2) is 0 Å². The Morgan fingerprint density at radius 1 is 1.00 bits per heavy atom. The molecular weight excluding hydrogens is 262 g/mol. The molecular formula is C18H25NO2. The molecule has 1 saturated carbocycles. The van der Waals surface area contributed by atoms with Gasteiger partial charge < -0.3 is 5.11 Å². The number of benzene rings is 1. The summed E-state index contributed by atoms with van der Waals surface area (Å²) in [6, 6.07) is 8.38. The molecule has 1 aliphatic heterocycles. The zero-order chi connectivity index (χ0) is 14.7. The first kappa shape index (κ1) is 14.6. The van der Waals surface area contributed by atoms with Gasteiger partial charge in [0, 0.05) is 6.54 Å². The molecule has 1 aliphatic carbocycles. The Morgan fingerprint density at radius 2 is 1.62 bits per heavy atom. The second-order valence-electron chi connectivity index (χ2n) is 6.63. The number of nitrogens with zero attached hydrogens (tertiary/aromatic N) is 1. The summed E-state index contributed by atoms with van der Waals surface area (Å²) in [6.45, 7) is 3.39. The molecule has 2 aliphatic rings. The van der Waals surface area contributed by atoms with E-state index in [0.717, 1.165) is 37.8 Å². The first-order valence-corrected chi connectivity index (χ1v) is 8.26. The molecule has 3 rings (SSSR count). The SMILES string of the molecule is O=C(O)C1(c2ccc(CN3CCCC3)cc2)CCCCC1. The predicted molar refractivity (Wildman–Crippen MR) is 83.4 cm³/mol. The van der Waals surface area contributed by atoms with E-state index in [2.05, 4.69) is 29.2 Å². The van der Waals surface area contributed by atoms with Crippen molar-refractivity contribution in [3.8, 4) is 0 Å². The quantitative estimate of drug-likeness (QED) is 0.920. The van der Waals surface area contributed by atoms with Crippen LogP contribution in [0.3, 0.4) is 0 Å². The Morgan fingerprint density at radius 3 is 2.19 bits per heavy atom. The monoisotopic (exact) mass is 287 g/mol. The van der Waals surface area contributed by atoms with Crippen molar-refractivity contribution in [2.45, 2.75) is 56.9 Å². The highest BCUT2D eigenvalue weighted by Gasteiger charge is 2.41. The standard InChI is InChI=1S/C18H25NO2/c20-17(21)18(10-2-1-3-11-18)16-8-6-15(7-9-16)14-19-12-4-5-13-19/h6-9H,1-5,10-14H2,(H,20,21). The molecule has 0 unspecified atom stereocenters. The topological polar surface area (TPSA) is 40.5 Å². The van der Waals surface area contributed by atoms with Crippen LogP contribution in [0.4, 0.5) is 0 Å². The molecule has 3 heteroatoms. The fourth-order valence-electron chi connectivity index (χ4n) is 3.91. The maximum Gasteiger partial charge on any atom is 0.314 e. The summed E-state index contributed by atoms with van der Waals surface area (Å²) in [4.78, 5) is 14.3. The maximum atomic E-state index is 11.8. The summed E-state index contributed by atoms with van der Waals surface area (Å²) >= 11 is 0. The molecule has 1 aromatic carbocycles. The third-order valence-corrected chi connectivity index (χ3v) is 5.23. The van der Waals surface area contributed by atoms with Crippen molar-refractivity contribution in [1.82, 2.24) is 4.90 Å². The highest BCUT2D eigenvalue weighted by atomic mass is 16.4. The molecule has 0 amide bonds. The van der Waals surface area contributed by atoms with E-state index >= 15 is 0 Å². The van der Waals surface area contributed by atoms with Crippen LogP contribution < -0.4 is 0 Å². The van der Waals surface area contributed by atoms with Crippen molar-refractivity contribution in [3.63, 3.8) is 0 Å². The van der Waals surface area contributed by atoms with Crippen LogP contribution in [0.5, 0.6) is 0 Å². The lowest BCUT2D eigenvalue weighted by Gasteiger charge is -2.33. The molecule has 0 spiro atoms. The molecule has 0 radical (unpaired) electrons. The van der Waals surface area contributed by atoms with E-state index in [-0.39, 0.29) is 0 Å². The zero-order valence-electron chi connectivity index (χ0n) is 12.7. The van der Waals surface area contributed by atoms with Crippen LogP contribution in [0.15, 0.2) is 24.3 Å². The van der Waals surface area contributed by atoms with Gasteiger partial charge in [-0.3, -0.25) is 9.69 Å². The van der Waals surface area contributed by atoms with Gasteiger partial charge in [-0.05, 0) is 49.9 Å². The molecule has 1 heterocycles. The van der Waals surface area contributed by atoms with Gasteiger partial charge in [0.1, 0.15) is 0 Å². The molecule has 2 fully saturated rings. The third-order valence-electron chi connectivity index (χ3n) is 5.23. The van der Waals surface area contributed by atoms with Crippen LogP contribution in [0.1, 0.15) is 56.1 Å². The second-order valence-corrected chi connectivity index (χ2v) is 6.63. The van der Waals surface area contributed by atoms with Crippen LogP contribution in [0.2, 0.25) is 0 Å². The minimum Gasteiger partial charge on any atom is -0.481 e. The Kier molecular flexibility index (Phi) is 4.29. The van der Waals surface area contributed by atoms with E-state index in [4.69, 9.17) is 0 Å². The average molecular weight is 287 g/mol. The van der Waals surface area contributed by atoms with Gasteiger partial charge in [-0.15, -0.1) is 0 Å². The van der Waals surface area contributed by atoms with Crippen molar-refractivity contribution >= 4 is 5.97 Å². The van der Waals surface area contributed by atoms with Crippen LogP contribution in [0.25, 0.3) is 0 Å². The number of carboxylic acids is 1. The molecule has 21 heavy (non-hydrogen) atoms. The fraction of sp³-hybridized carbons (Fsp3) is 0.611. The summed E-state index contributed by atoms with van der Waals surface area (Å²) < 4.78 is 0. The first-order chi connectivity index (χ1) is 10.2. The Balaban J connectivity index is 1.76. The third kappa shape index (κ3) is 2.98. The number of likely N-dealkylation sites (tertiary alicyclic amines) is 1. The number of carbonyl (C=O) groups is 1. The molecule has 0 bridgehead atoms. The summed E-state index contributed by atoms with van der Waals surface area (Å²) in [7, 11) is 0. The van der Waals surface area contributed by atoms with Crippen LogP contribution in [-0.4, -0.2) is 29.1 Å². The Hall–Kier alpha value is -1.35. The van der Waals surface area contributed by atoms with Crippen molar-refractivity contribution < 1.29 is 9.90 Å². The maximum absolute atomic E-state index is 11.8. The van der Waals surface area contributed by atoms with Crippen molar-refractivity contribution in [2.75, 3.05) is 13.1 Å². The van der Waals surface area contributed by atoms with Crippen LogP contribution in [0, 0.1) is 0 Å². The van der Waals surface area contributed by atoms with Crippen molar-refractivity contribution in [1.29, 1.82) is 0 Å². The zero-order valence-corrected chi connectivity index (χ0v) is 12.7. The summed E-state index contributed by atoms with van der Waals surface area (Å²) in [5.41, 5.74) is 1.67. The molecule has 1 saturated heterocycles. The van der Waals surface area contributed by atoms with Gasteiger partial charge in [-0.2, -0.15) is 0 Å². The molecule has 114 valence electrons. The van der Waals surface area contributed by atoms with Gasteiger partial charge in [0.15, 0.2) is 0 Å². The van der Waals surface area contributed by atoms with Gasteiger partial charge in [0.05, 0.1) is 5.41 Å². The Bertz CT molecular complexity index is 482. The minimum atomic E-state index is -0.644. The number of hydrogen-bond donors (Lipinski definition) is 1. The van der Waals surface area contributed by atoms with E-state index < -0.39 is 11.4 Å². The van der Waals surface area contributed by atoms with Gasteiger partial charge >= 0.3 is 5.97 Å². The molecule has 1 aromatic rings. The smallest absolute Gasteiger partial charge is 0.314 e.